The molecule has 34 heavy (non-hydrogen) atoms. The van der Waals surface area contributed by atoms with Crippen molar-refractivity contribution in [3.8, 4) is 0 Å². The molecule has 0 radical (unpaired) electrons. The van der Waals surface area contributed by atoms with Gasteiger partial charge in [0.15, 0.2) is 0 Å². The van der Waals surface area contributed by atoms with Gasteiger partial charge in [-0.3, -0.25) is 4.79 Å². The molecular formula is C23H30N4O5S2. The zero-order valence-electron chi connectivity index (χ0n) is 18.8. The number of nitrogens with zero attached hydrogens (tertiary/aromatic N) is 2. The summed E-state index contributed by atoms with van der Waals surface area (Å²) in [6, 6.07) is 17.2. The minimum absolute atomic E-state index is 0.0890. The summed E-state index contributed by atoms with van der Waals surface area (Å²) in [5, 5.41) is 5.06. The second-order valence-corrected chi connectivity index (χ2v) is 12.1. The highest BCUT2D eigenvalue weighted by Crippen LogP contribution is 2.38. The Morgan fingerprint density at radius 3 is 2.03 bits per heavy atom. The fourth-order valence-corrected chi connectivity index (χ4v) is 7.26. The van der Waals surface area contributed by atoms with Gasteiger partial charge in [-0.15, -0.1) is 0 Å². The molecule has 2 aromatic rings. The highest BCUT2D eigenvalue weighted by Gasteiger charge is 2.41. The summed E-state index contributed by atoms with van der Waals surface area (Å²) in [4.78, 5) is 15.3. The first-order valence-electron chi connectivity index (χ1n) is 11.4. The van der Waals surface area contributed by atoms with Gasteiger partial charge in [-0.1, -0.05) is 48.5 Å². The predicted octanol–water partition coefficient (Wildman–Crippen LogP) is 1.61. The SMILES string of the molecule is NS(=O)(=O)NC1CCN(C(=O)[C@@H]2CC[C@H](c3ccccc3)N(S(=O)(=O)c3ccccc3)C2)CC1. The monoisotopic (exact) mass is 506 g/mol. The summed E-state index contributed by atoms with van der Waals surface area (Å²) in [7, 11) is -7.60. The van der Waals surface area contributed by atoms with Crippen LogP contribution in [0.15, 0.2) is 65.6 Å². The molecule has 2 aliphatic rings. The van der Waals surface area contributed by atoms with Crippen LogP contribution < -0.4 is 9.86 Å². The van der Waals surface area contributed by atoms with E-state index in [-0.39, 0.29) is 29.4 Å². The van der Waals surface area contributed by atoms with E-state index in [4.69, 9.17) is 5.14 Å². The van der Waals surface area contributed by atoms with Gasteiger partial charge in [-0.2, -0.15) is 17.4 Å². The van der Waals surface area contributed by atoms with E-state index in [0.29, 0.717) is 38.8 Å². The van der Waals surface area contributed by atoms with Crippen LogP contribution in [-0.4, -0.2) is 57.6 Å². The zero-order chi connectivity index (χ0) is 24.3. The van der Waals surface area contributed by atoms with Gasteiger partial charge in [-0.25, -0.2) is 13.6 Å². The second kappa shape index (κ2) is 10.1. The Bertz CT molecular complexity index is 1200. The molecule has 0 spiro atoms. The van der Waals surface area contributed by atoms with Gasteiger partial charge in [0.05, 0.1) is 16.9 Å². The van der Waals surface area contributed by atoms with Crippen molar-refractivity contribution in [2.45, 2.75) is 42.7 Å². The summed E-state index contributed by atoms with van der Waals surface area (Å²) < 4.78 is 53.7. The van der Waals surface area contributed by atoms with E-state index in [2.05, 4.69) is 4.72 Å². The van der Waals surface area contributed by atoms with Crippen LogP contribution in [0.2, 0.25) is 0 Å². The third kappa shape index (κ3) is 5.66. The number of hydrogen-bond acceptors (Lipinski definition) is 5. The standard InChI is InChI=1S/C23H30N4O5S2/c24-34(31,32)25-20-13-15-26(16-14-20)23(28)19-11-12-22(18-7-3-1-4-8-18)27(17-19)33(29,30)21-9-5-2-6-10-21/h1-10,19-20,22,25H,11-17H2,(H2,24,31,32)/t19-,22-/m1/s1. The molecule has 11 heteroatoms. The highest BCUT2D eigenvalue weighted by molar-refractivity contribution is 7.89. The fourth-order valence-electron chi connectivity index (χ4n) is 4.85. The molecule has 0 saturated carbocycles. The molecule has 0 aliphatic carbocycles. The van der Waals surface area contributed by atoms with E-state index in [1.165, 1.54) is 4.31 Å². The van der Waals surface area contributed by atoms with Gasteiger partial charge >= 0.3 is 0 Å². The Balaban J connectivity index is 1.53. The number of benzene rings is 2. The van der Waals surface area contributed by atoms with Gasteiger partial charge in [0.25, 0.3) is 10.2 Å². The molecule has 4 rings (SSSR count). The number of likely N-dealkylation sites (tertiary alicyclic amines) is 1. The number of sulfonamides is 1. The van der Waals surface area contributed by atoms with E-state index >= 15 is 0 Å². The minimum Gasteiger partial charge on any atom is -0.342 e. The molecule has 2 atom stereocenters. The minimum atomic E-state index is -3.81. The van der Waals surface area contributed by atoms with Crippen LogP contribution in [-0.2, 0) is 25.0 Å². The molecular weight excluding hydrogens is 476 g/mol. The Hall–Kier alpha value is -2.31. The molecule has 3 N–H and O–H groups in total. The number of piperidine rings is 2. The summed E-state index contributed by atoms with van der Waals surface area (Å²) in [5.74, 6) is -0.546. The lowest BCUT2D eigenvalue weighted by molar-refractivity contribution is -0.138. The van der Waals surface area contributed by atoms with Gasteiger partial charge in [0.2, 0.25) is 15.9 Å². The maximum atomic E-state index is 13.6. The van der Waals surface area contributed by atoms with E-state index in [1.54, 1.807) is 35.2 Å². The smallest absolute Gasteiger partial charge is 0.274 e. The van der Waals surface area contributed by atoms with Crippen molar-refractivity contribution in [1.82, 2.24) is 13.9 Å². The largest absolute Gasteiger partial charge is 0.342 e. The summed E-state index contributed by atoms with van der Waals surface area (Å²) in [6.07, 6.45) is 2.05. The molecule has 1 amide bonds. The van der Waals surface area contributed by atoms with Crippen LogP contribution >= 0.6 is 0 Å². The van der Waals surface area contributed by atoms with Gasteiger partial charge in [-0.05, 0) is 43.4 Å². The zero-order valence-corrected chi connectivity index (χ0v) is 20.4. The number of amides is 1. The molecule has 2 aliphatic heterocycles. The Morgan fingerprint density at radius 2 is 1.44 bits per heavy atom. The summed E-state index contributed by atoms with van der Waals surface area (Å²) in [5.41, 5.74) is 0.905. The van der Waals surface area contributed by atoms with Crippen molar-refractivity contribution in [2.24, 2.45) is 11.1 Å². The molecule has 2 saturated heterocycles. The van der Waals surface area contributed by atoms with Crippen LogP contribution in [0.1, 0.15) is 37.3 Å². The first-order chi connectivity index (χ1) is 16.1. The first kappa shape index (κ1) is 24.8. The number of rotatable bonds is 6. The topological polar surface area (TPSA) is 130 Å². The van der Waals surface area contributed by atoms with Crippen LogP contribution in [0.25, 0.3) is 0 Å². The van der Waals surface area contributed by atoms with Gasteiger partial charge < -0.3 is 4.90 Å². The van der Waals surface area contributed by atoms with Crippen LogP contribution in [0.4, 0.5) is 0 Å². The number of nitrogens with one attached hydrogen (secondary N) is 1. The van der Waals surface area contributed by atoms with Crippen molar-refractivity contribution < 1.29 is 21.6 Å². The molecule has 2 fully saturated rings. The molecule has 0 bridgehead atoms. The summed E-state index contributed by atoms with van der Waals surface area (Å²) in [6.45, 7) is 0.900. The normalized spacial score (nSPS) is 23.0. The van der Waals surface area contributed by atoms with E-state index < -0.39 is 26.2 Å². The van der Waals surface area contributed by atoms with Gasteiger partial charge in [0.1, 0.15) is 0 Å². The Morgan fingerprint density at radius 1 is 0.853 bits per heavy atom. The third-order valence-electron chi connectivity index (χ3n) is 6.56. The van der Waals surface area contributed by atoms with Crippen molar-refractivity contribution in [3.63, 3.8) is 0 Å². The van der Waals surface area contributed by atoms with Crippen molar-refractivity contribution in [2.75, 3.05) is 19.6 Å². The van der Waals surface area contributed by atoms with E-state index in [9.17, 15) is 21.6 Å². The number of carbonyl (C=O) groups is 1. The number of carbonyl (C=O) groups excluding carboxylic acids is 1. The van der Waals surface area contributed by atoms with E-state index in [0.717, 1.165) is 5.56 Å². The van der Waals surface area contributed by atoms with Crippen molar-refractivity contribution >= 4 is 26.1 Å². The fraction of sp³-hybridized carbons (Fsp3) is 0.435. The molecule has 2 aromatic carbocycles. The molecule has 0 unspecified atom stereocenters. The molecule has 2 heterocycles. The van der Waals surface area contributed by atoms with Crippen LogP contribution in [0, 0.1) is 5.92 Å². The highest BCUT2D eigenvalue weighted by atomic mass is 32.2. The Labute approximate surface area is 201 Å². The molecule has 9 nitrogen and oxygen atoms in total. The number of hydrogen-bond donors (Lipinski definition) is 2. The van der Waals surface area contributed by atoms with Crippen molar-refractivity contribution in [3.05, 3.63) is 66.2 Å². The maximum absolute atomic E-state index is 13.6. The van der Waals surface area contributed by atoms with Crippen LogP contribution in [0.3, 0.4) is 0 Å². The average molecular weight is 507 g/mol. The first-order valence-corrected chi connectivity index (χ1v) is 14.3. The predicted molar refractivity (Wildman–Crippen MR) is 128 cm³/mol. The molecule has 184 valence electrons. The second-order valence-electron chi connectivity index (χ2n) is 8.85. The quantitative estimate of drug-likeness (QED) is 0.615. The van der Waals surface area contributed by atoms with E-state index in [1.807, 2.05) is 30.3 Å². The lowest BCUT2D eigenvalue weighted by Gasteiger charge is -2.41. The van der Waals surface area contributed by atoms with Gasteiger partial charge in [0, 0.05) is 25.7 Å². The number of nitrogens with two attached hydrogens (primary N) is 1. The third-order valence-corrected chi connectivity index (χ3v) is 9.11. The lowest BCUT2D eigenvalue weighted by Crippen LogP contribution is -2.52. The van der Waals surface area contributed by atoms with Crippen molar-refractivity contribution in [1.29, 1.82) is 0 Å². The lowest BCUT2D eigenvalue weighted by atomic mass is 9.89. The summed E-state index contributed by atoms with van der Waals surface area (Å²) >= 11 is 0. The Kier molecular flexibility index (Phi) is 7.39. The average Bonchev–Trinajstić information content (AvgIpc) is 2.84. The molecule has 0 aromatic heterocycles. The van der Waals surface area contributed by atoms with Crippen LogP contribution in [0.5, 0.6) is 0 Å². The maximum Gasteiger partial charge on any atom is 0.274 e.